The second-order valence-corrected chi connectivity index (χ2v) is 3.55. The van der Waals surface area contributed by atoms with Crippen LogP contribution < -0.4 is 0 Å². The van der Waals surface area contributed by atoms with Crippen molar-refractivity contribution in [3.05, 3.63) is 35.9 Å². The zero-order chi connectivity index (χ0) is 11.2. The van der Waals surface area contributed by atoms with Crippen LogP contribution in [0, 0.1) is 12.3 Å². The number of ether oxygens (including phenoxy) is 3. The van der Waals surface area contributed by atoms with E-state index in [0.29, 0.717) is 19.8 Å². The van der Waals surface area contributed by atoms with Crippen LogP contribution in [0.5, 0.6) is 0 Å². The van der Waals surface area contributed by atoms with Gasteiger partial charge in [-0.05, 0) is 0 Å². The summed E-state index contributed by atoms with van der Waals surface area (Å²) >= 11 is 0. The number of terminal acetylenes is 1. The van der Waals surface area contributed by atoms with Gasteiger partial charge in [0.1, 0.15) is 12.7 Å². The van der Waals surface area contributed by atoms with Crippen LogP contribution in [0.2, 0.25) is 0 Å². The van der Waals surface area contributed by atoms with Crippen molar-refractivity contribution in [1.29, 1.82) is 0 Å². The Balaban J connectivity index is 1.82. The Morgan fingerprint density at radius 3 is 2.94 bits per heavy atom. The van der Waals surface area contributed by atoms with Gasteiger partial charge in [0, 0.05) is 5.56 Å². The topological polar surface area (TPSA) is 27.7 Å². The molecule has 0 unspecified atom stereocenters. The van der Waals surface area contributed by atoms with Crippen LogP contribution in [-0.4, -0.2) is 25.9 Å². The molecule has 1 aliphatic heterocycles. The van der Waals surface area contributed by atoms with Crippen molar-refractivity contribution in [2.75, 3.05) is 19.8 Å². The molecule has 16 heavy (non-hydrogen) atoms. The van der Waals surface area contributed by atoms with E-state index in [9.17, 15) is 0 Å². The number of benzene rings is 1. The predicted molar refractivity (Wildman–Crippen MR) is 59.7 cm³/mol. The minimum absolute atomic E-state index is 0.0291. The first-order valence-electron chi connectivity index (χ1n) is 5.23. The Hall–Kier alpha value is -1.34. The monoisotopic (exact) mass is 218 g/mol. The molecule has 84 valence electrons. The van der Waals surface area contributed by atoms with Crippen LogP contribution >= 0.6 is 0 Å². The molecule has 0 aromatic heterocycles. The van der Waals surface area contributed by atoms with E-state index in [4.69, 9.17) is 20.6 Å². The molecule has 1 fully saturated rings. The molecule has 1 aromatic rings. The molecule has 1 aliphatic rings. The van der Waals surface area contributed by atoms with Gasteiger partial charge < -0.3 is 14.2 Å². The van der Waals surface area contributed by atoms with Gasteiger partial charge in [-0.2, -0.15) is 0 Å². The maximum Gasteiger partial charge on any atom is 0.184 e. The van der Waals surface area contributed by atoms with Gasteiger partial charge in [0.25, 0.3) is 0 Å². The SMILES string of the molecule is C#CCOC[C@H]1CO[C@@H](c2ccccc2)O1. The average molecular weight is 218 g/mol. The van der Waals surface area contributed by atoms with Gasteiger partial charge >= 0.3 is 0 Å². The van der Waals surface area contributed by atoms with Gasteiger partial charge in [0.05, 0.1) is 13.2 Å². The summed E-state index contributed by atoms with van der Waals surface area (Å²) in [6, 6.07) is 9.85. The van der Waals surface area contributed by atoms with Crippen molar-refractivity contribution < 1.29 is 14.2 Å². The molecular formula is C13H14O3. The Morgan fingerprint density at radius 2 is 2.19 bits per heavy atom. The third-order valence-electron chi connectivity index (χ3n) is 2.31. The molecule has 1 saturated heterocycles. The maximum atomic E-state index is 5.68. The van der Waals surface area contributed by atoms with Crippen LogP contribution in [-0.2, 0) is 14.2 Å². The molecule has 3 nitrogen and oxygen atoms in total. The summed E-state index contributed by atoms with van der Waals surface area (Å²) in [4.78, 5) is 0. The summed E-state index contributed by atoms with van der Waals surface area (Å²) in [6.45, 7) is 1.34. The Bertz CT molecular complexity index is 355. The van der Waals surface area contributed by atoms with E-state index >= 15 is 0 Å². The average Bonchev–Trinajstić information content (AvgIpc) is 2.79. The second kappa shape index (κ2) is 5.66. The molecule has 0 spiro atoms. The fourth-order valence-corrected chi connectivity index (χ4v) is 1.57. The Kier molecular flexibility index (Phi) is 3.95. The van der Waals surface area contributed by atoms with Crippen LogP contribution in [0.1, 0.15) is 11.9 Å². The van der Waals surface area contributed by atoms with Gasteiger partial charge in [0.15, 0.2) is 6.29 Å². The minimum atomic E-state index is -0.277. The molecular weight excluding hydrogens is 204 g/mol. The summed E-state index contributed by atoms with van der Waals surface area (Å²) in [5.74, 6) is 2.42. The standard InChI is InChI=1S/C13H14O3/c1-2-8-14-9-12-10-15-13(16-12)11-6-4-3-5-7-11/h1,3-7,12-13H,8-10H2/t12-,13+/m0/s1. The van der Waals surface area contributed by atoms with Gasteiger partial charge in [-0.3, -0.25) is 0 Å². The molecule has 0 radical (unpaired) electrons. The van der Waals surface area contributed by atoms with Gasteiger partial charge in [-0.1, -0.05) is 36.3 Å². The highest BCUT2D eigenvalue weighted by atomic mass is 16.7. The highest BCUT2D eigenvalue weighted by molar-refractivity contribution is 5.16. The number of rotatable bonds is 4. The largest absolute Gasteiger partial charge is 0.366 e. The fourth-order valence-electron chi connectivity index (χ4n) is 1.57. The zero-order valence-electron chi connectivity index (χ0n) is 8.96. The van der Waals surface area contributed by atoms with Gasteiger partial charge in [-0.15, -0.1) is 6.42 Å². The lowest BCUT2D eigenvalue weighted by Gasteiger charge is -2.11. The van der Waals surface area contributed by atoms with E-state index in [0.717, 1.165) is 5.56 Å². The summed E-state index contributed by atoms with van der Waals surface area (Å²) < 4.78 is 16.4. The maximum absolute atomic E-state index is 5.68. The third-order valence-corrected chi connectivity index (χ3v) is 2.31. The highest BCUT2D eigenvalue weighted by Gasteiger charge is 2.26. The lowest BCUT2D eigenvalue weighted by Crippen LogP contribution is -2.17. The van der Waals surface area contributed by atoms with Crippen LogP contribution in [0.15, 0.2) is 30.3 Å². The molecule has 2 atom stereocenters. The van der Waals surface area contributed by atoms with Crippen molar-refractivity contribution >= 4 is 0 Å². The van der Waals surface area contributed by atoms with E-state index in [2.05, 4.69) is 5.92 Å². The fraction of sp³-hybridized carbons (Fsp3) is 0.385. The Labute approximate surface area is 95.3 Å². The van der Waals surface area contributed by atoms with E-state index < -0.39 is 0 Å². The van der Waals surface area contributed by atoms with Crippen LogP contribution in [0.3, 0.4) is 0 Å². The lowest BCUT2D eigenvalue weighted by atomic mass is 10.2. The van der Waals surface area contributed by atoms with Crippen molar-refractivity contribution in [1.82, 2.24) is 0 Å². The van der Waals surface area contributed by atoms with Crippen molar-refractivity contribution in [3.8, 4) is 12.3 Å². The van der Waals surface area contributed by atoms with E-state index in [1.165, 1.54) is 0 Å². The summed E-state index contributed by atoms with van der Waals surface area (Å²) in [5.41, 5.74) is 1.03. The Morgan fingerprint density at radius 1 is 1.38 bits per heavy atom. The van der Waals surface area contributed by atoms with E-state index in [1.54, 1.807) is 0 Å². The molecule has 0 aliphatic carbocycles. The first-order chi connectivity index (χ1) is 7.90. The van der Waals surface area contributed by atoms with Crippen molar-refractivity contribution in [2.45, 2.75) is 12.4 Å². The third kappa shape index (κ3) is 2.83. The van der Waals surface area contributed by atoms with E-state index in [1.807, 2.05) is 30.3 Å². The molecule has 1 heterocycles. The molecule has 3 heteroatoms. The smallest absolute Gasteiger partial charge is 0.184 e. The predicted octanol–water partition coefficient (Wildman–Crippen LogP) is 1.75. The number of hydrogen-bond donors (Lipinski definition) is 0. The normalized spacial score (nSPS) is 24.2. The summed E-state index contributed by atoms with van der Waals surface area (Å²) in [5, 5.41) is 0. The molecule has 1 aromatic carbocycles. The molecule has 2 rings (SSSR count). The van der Waals surface area contributed by atoms with Crippen molar-refractivity contribution in [2.24, 2.45) is 0 Å². The van der Waals surface area contributed by atoms with Crippen LogP contribution in [0.25, 0.3) is 0 Å². The lowest BCUT2D eigenvalue weighted by molar-refractivity contribution is -0.0720. The molecule has 0 amide bonds. The van der Waals surface area contributed by atoms with Gasteiger partial charge in [0.2, 0.25) is 0 Å². The molecule has 0 bridgehead atoms. The summed E-state index contributed by atoms with van der Waals surface area (Å²) in [7, 11) is 0. The molecule has 0 N–H and O–H groups in total. The van der Waals surface area contributed by atoms with Crippen molar-refractivity contribution in [3.63, 3.8) is 0 Å². The quantitative estimate of drug-likeness (QED) is 0.569. The number of hydrogen-bond acceptors (Lipinski definition) is 3. The highest BCUT2D eigenvalue weighted by Crippen LogP contribution is 2.26. The first kappa shape index (κ1) is 11.2. The zero-order valence-corrected chi connectivity index (χ0v) is 8.96. The minimum Gasteiger partial charge on any atom is -0.366 e. The first-order valence-corrected chi connectivity index (χ1v) is 5.23. The van der Waals surface area contributed by atoms with Gasteiger partial charge in [-0.25, -0.2) is 0 Å². The van der Waals surface area contributed by atoms with Crippen LogP contribution in [0.4, 0.5) is 0 Å². The molecule has 0 saturated carbocycles. The second-order valence-electron chi connectivity index (χ2n) is 3.55. The van der Waals surface area contributed by atoms with E-state index in [-0.39, 0.29) is 12.4 Å². The summed E-state index contributed by atoms with van der Waals surface area (Å²) in [6.07, 6.45) is 4.78.